The number of hydrogen-bond acceptors (Lipinski definition) is 4. The first kappa shape index (κ1) is 19.7. The minimum Gasteiger partial charge on any atom is -0.331 e. The predicted octanol–water partition coefficient (Wildman–Crippen LogP) is 3.05. The molecule has 142 valence electrons. The molecule has 0 unspecified atom stereocenters. The number of aromatic amines is 1. The van der Waals surface area contributed by atoms with Crippen LogP contribution in [0.4, 0.5) is 18.0 Å². The number of amides is 2. The minimum absolute atomic E-state index is 0.0950. The Bertz CT molecular complexity index is 782. The van der Waals surface area contributed by atoms with E-state index >= 15 is 0 Å². The summed E-state index contributed by atoms with van der Waals surface area (Å²) in [5.74, 6) is -0.0950. The van der Waals surface area contributed by atoms with Crippen molar-refractivity contribution in [3.8, 4) is 0 Å². The summed E-state index contributed by atoms with van der Waals surface area (Å²) in [4.78, 5) is 21.2. The van der Waals surface area contributed by atoms with Crippen molar-refractivity contribution in [2.75, 3.05) is 7.05 Å². The Morgan fingerprint density at radius 1 is 1.31 bits per heavy atom. The lowest BCUT2D eigenvalue weighted by molar-refractivity contribution is -0.141. The third kappa shape index (κ3) is 4.30. The number of rotatable bonds is 4. The largest absolute Gasteiger partial charge is 0.433 e. The van der Waals surface area contributed by atoms with Gasteiger partial charge < -0.3 is 10.2 Å². The third-order valence-corrected chi connectivity index (χ3v) is 4.09. The fourth-order valence-electron chi connectivity index (χ4n) is 2.68. The van der Waals surface area contributed by atoms with Crippen LogP contribution in [0.3, 0.4) is 0 Å². The number of aryl methyl sites for hydroxylation is 3. The maximum atomic E-state index is 12.8. The first-order valence-corrected chi connectivity index (χ1v) is 7.94. The SMILES string of the molecule is Cc1cc(C(F)(F)F)nc(CNC(=O)N(C)[C@H](C)c2c(C)n[nH]c2C)n1. The first-order valence-electron chi connectivity index (χ1n) is 7.94. The Balaban J connectivity index is 2.08. The number of nitrogens with zero attached hydrogens (tertiary/aromatic N) is 4. The Labute approximate surface area is 149 Å². The van der Waals surface area contributed by atoms with E-state index in [1.165, 1.54) is 11.8 Å². The van der Waals surface area contributed by atoms with Gasteiger partial charge >= 0.3 is 12.2 Å². The van der Waals surface area contributed by atoms with Crippen LogP contribution in [0, 0.1) is 20.8 Å². The minimum atomic E-state index is -4.56. The molecule has 2 rings (SSSR count). The van der Waals surface area contributed by atoms with Crippen LogP contribution in [0.15, 0.2) is 6.07 Å². The molecular weight excluding hydrogens is 349 g/mol. The summed E-state index contributed by atoms with van der Waals surface area (Å²) in [7, 11) is 1.60. The highest BCUT2D eigenvalue weighted by molar-refractivity contribution is 5.74. The summed E-state index contributed by atoms with van der Waals surface area (Å²) in [6, 6.07) is 0.151. The van der Waals surface area contributed by atoms with E-state index in [-0.39, 0.29) is 24.1 Å². The van der Waals surface area contributed by atoms with Crippen LogP contribution in [0.1, 0.15) is 47.1 Å². The second kappa shape index (κ2) is 7.30. The van der Waals surface area contributed by atoms with Crippen molar-refractivity contribution >= 4 is 6.03 Å². The van der Waals surface area contributed by atoms with E-state index in [1.807, 2.05) is 20.8 Å². The predicted molar refractivity (Wildman–Crippen MR) is 88.2 cm³/mol. The van der Waals surface area contributed by atoms with Crippen LogP contribution >= 0.6 is 0 Å². The summed E-state index contributed by atoms with van der Waals surface area (Å²) < 4.78 is 38.5. The van der Waals surface area contributed by atoms with Crippen LogP contribution < -0.4 is 5.32 Å². The standard InChI is InChI=1S/C16H21F3N6O/c1-8-6-12(16(17,18)19)22-13(21-8)7-20-15(26)25(5)11(4)14-9(2)23-24-10(14)3/h6,11H,7H2,1-5H3,(H,20,26)(H,23,24)/t11-/m1/s1. The molecule has 0 aliphatic carbocycles. The molecular formula is C16H21F3N6O. The van der Waals surface area contributed by atoms with Gasteiger partial charge in [-0.2, -0.15) is 18.3 Å². The molecule has 2 N–H and O–H groups in total. The molecule has 0 bridgehead atoms. The average molecular weight is 370 g/mol. The van der Waals surface area contributed by atoms with Gasteiger partial charge in [0.25, 0.3) is 0 Å². The van der Waals surface area contributed by atoms with Crippen molar-refractivity contribution in [1.29, 1.82) is 0 Å². The number of nitrogens with one attached hydrogen (secondary N) is 2. The van der Waals surface area contributed by atoms with Gasteiger partial charge in [0.05, 0.1) is 18.3 Å². The summed E-state index contributed by atoms with van der Waals surface area (Å²) >= 11 is 0. The van der Waals surface area contributed by atoms with Gasteiger partial charge in [-0.1, -0.05) is 0 Å². The van der Waals surface area contributed by atoms with Gasteiger partial charge in [-0.25, -0.2) is 14.8 Å². The van der Waals surface area contributed by atoms with Crippen molar-refractivity contribution < 1.29 is 18.0 Å². The van der Waals surface area contributed by atoms with Crippen LogP contribution in [-0.2, 0) is 12.7 Å². The van der Waals surface area contributed by atoms with E-state index in [4.69, 9.17) is 0 Å². The van der Waals surface area contributed by atoms with Gasteiger partial charge in [-0.05, 0) is 33.8 Å². The van der Waals surface area contributed by atoms with Gasteiger partial charge in [0.1, 0.15) is 11.5 Å². The molecule has 2 aromatic rings. The highest BCUT2D eigenvalue weighted by Crippen LogP contribution is 2.28. The quantitative estimate of drug-likeness (QED) is 0.866. The van der Waals surface area contributed by atoms with Crippen molar-refractivity contribution in [3.05, 3.63) is 40.2 Å². The molecule has 1 atom stereocenters. The number of carbonyl (C=O) groups is 1. The molecule has 10 heteroatoms. The second-order valence-electron chi connectivity index (χ2n) is 6.10. The molecule has 2 aromatic heterocycles. The van der Waals surface area contributed by atoms with E-state index in [2.05, 4.69) is 25.5 Å². The number of H-pyrrole nitrogens is 1. The maximum Gasteiger partial charge on any atom is 0.433 e. The fraction of sp³-hybridized carbons (Fsp3) is 0.500. The number of hydrogen-bond donors (Lipinski definition) is 2. The number of carbonyl (C=O) groups excluding carboxylic acids is 1. The van der Waals surface area contributed by atoms with Gasteiger partial charge in [0.2, 0.25) is 0 Å². The lowest BCUT2D eigenvalue weighted by atomic mass is 10.1. The molecule has 0 aromatic carbocycles. The summed E-state index contributed by atoms with van der Waals surface area (Å²) in [6.07, 6.45) is -4.56. The maximum absolute atomic E-state index is 12.8. The molecule has 0 spiro atoms. The Morgan fingerprint density at radius 3 is 2.50 bits per heavy atom. The lowest BCUT2D eigenvalue weighted by Crippen LogP contribution is -2.39. The van der Waals surface area contributed by atoms with Gasteiger partial charge in [-0.3, -0.25) is 5.10 Å². The van der Waals surface area contributed by atoms with Crippen molar-refractivity contribution in [3.63, 3.8) is 0 Å². The number of aromatic nitrogens is 4. The topological polar surface area (TPSA) is 86.8 Å². The molecule has 0 fully saturated rings. The highest BCUT2D eigenvalue weighted by Gasteiger charge is 2.33. The van der Waals surface area contributed by atoms with Crippen LogP contribution in [0.5, 0.6) is 0 Å². The second-order valence-corrected chi connectivity index (χ2v) is 6.10. The zero-order valence-electron chi connectivity index (χ0n) is 15.2. The van der Waals surface area contributed by atoms with Crippen LogP contribution in [0.25, 0.3) is 0 Å². The molecule has 2 amide bonds. The van der Waals surface area contributed by atoms with Crippen molar-refractivity contribution in [1.82, 2.24) is 30.4 Å². The van der Waals surface area contributed by atoms with Gasteiger partial charge in [0.15, 0.2) is 0 Å². The highest BCUT2D eigenvalue weighted by atomic mass is 19.4. The molecule has 0 saturated carbocycles. The normalized spacial score (nSPS) is 12.8. The Morgan fingerprint density at radius 2 is 1.96 bits per heavy atom. The zero-order valence-corrected chi connectivity index (χ0v) is 15.2. The van der Waals surface area contributed by atoms with E-state index in [0.29, 0.717) is 0 Å². The smallest absolute Gasteiger partial charge is 0.331 e. The summed E-state index contributed by atoms with van der Waals surface area (Å²) in [5.41, 5.74) is 1.69. The van der Waals surface area contributed by atoms with Gasteiger partial charge in [-0.15, -0.1) is 0 Å². The van der Waals surface area contributed by atoms with Crippen molar-refractivity contribution in [2.24, 2.45) is 0 Å². The molecule has 2 heterocycles. The molecule has 26 heavy (non-hydrogen) atoms. The zero-order chi connectivity index (χ0) is 19.6. The number of halogens is 3. The first-order chi connectivity index (χ1) is 12.0. The Kier molecular flexibility index (Phi) is 5.53. The number of alkyl halides is 3. The molecule has 0 saturated heterocycles. The van der Waals surface area contributed by atoms with Crippen molar-refractivity contribution in [2.45, 2.75) is 46.5 Å². The molecule has 7 nitrogen and oxygen atoms in total. The van der Waals surface area contributed by atoms with E-state index in [9.17, 15) is 18.0 Å². The van der Waals surface area contributed by atoms with E-state index in [0.717, 1.165) is 23.0 Å². The van der Waals surface area contributed by atoms with E-state index < -0.39 is 17.9 Å². The lowest BCUT2D eigenvalue weighted by Gasteiger charge is -2.25. The number of urea groups is 1. The average Bonchev–Trinajstić information content (AvgIpc) is 2.88. The molecule has 0 aliphatic rings. The Hall–Kier alpha value is -2.65. The summed E-state index contributed by atoms with van der Waals surface area (Å²) in [5, 5.41) is 9.52. The third-order valence-electron chi connectivity index (χ3n) is 4.09. The monoisotopic (exact) mass is 370 g/mol. The molecule has 0 radical (unpaired) electrons. The fourth-order valence-corrected chi connectivity index (χ4v) is 2.68. The van der Waals surface area contributed by atoms with E-state index in [1.54, 1.807) is 7.05 Å². The van der Waals surface area contributed by atoms with Gasteiger partial charge in [0, 0.05) is 24.0 Å². The van der Waals surface area contributed by atoms with Crippen LogP contribution in [0.2, 0.25) is 0 Å². The van der Waals surface area contributed by atoms with Crippen LogP contribution in [-0.4, -0.2) is 38.1 Å². The molecule has 0 aliphatic heterocycles. The summed E-state index contributed by atoms with van der Waals surface area (Å²) in [6.45, 7) is 6.78.